The first kappa shape index (κ1) is 15.3. The van der Waals surface area contributed by atoms with Gasteiger partial charge in [-0.2, -0.15) is 0 Å². The Morgan fingerprint density at radius 2 is 2.20 bits per heavy atom. The van der Waals surface area contributed by atoms with Crippen LogP contribution in [0.3, 0.4) is 0 Å². The van der Waals surface area contributed by atoms with Gasteiger partial charge in [0, 0.05) is 31.9 Å². The van der Waals surface area contributed by atoms with Gasteiger partial charge in [-0.1, -0.05) is 6.92 Å². The zero-order valence-corrected chi connectivity index (χ0v) is 13.3. The maximum absolute atomic E-state index is 4.75. The molecule has 1 aliphatic rings. The van der Waals surface area contributed by atoms with Gasteiger partial charge >= 0.3 is 0 Å². The number of hydrogen-bond donors (Lipinski definition) is 1. The van der Waals surface area contributed by atoms with Crippen LogP contribution in [-0.2, 0) is 6.54 Å². The van der Waals surface area contributed by atoms with Gasteiger partial charge in [0.05, 0.1) is 0 Å². The molecule has 1 unspecified atom stereocenters. The number of rotatable bonds is 4. The van der Waals surface area contributed by atoms with Gasteiger partial charge in [0.2, 0.25) is 0 Å². The van der Waals surface area contributed by atoms with E-state index in [4.69, 9.17) is 4.98 Å². The topological polar surface area (TPSA) is 31.4 Å². The van der Waals surface area contributed by atoms with Crippen LogP contribution in [0, 0.1) is 6.92 Å². The molecule has 1 atom stereocenters. The largest absolute Gasteiger partial charge is 0.352 e. The number of nitrogens with zero attached hydrogens (tertiary/aromatic N) is 3. The van der Waals surface area contributed by atoms with E-state index >= 15 is 0 Å². The van der Waals surface area contributed by atoms with Gasteiger partial charge < -0.3 is 15.1 Å². The van der Waals surface area contributed by atoms with Crippen LogP contribution in [0.1, 0.15) is 30.9 Å². The van der Waals surface area contributed by atoms with E-state index in [1.807, 2.05) is 13.2 Å². The molecule has 0 aliphatic carbocycles. The average molecular weight is 276 g/mol. The lowest BCUT2D eigenvalue weighted by Gasteiger charge is -2.32. The highest BCUT2D eigenvalue weighted by Crippen LogP contribution is 2.24. The minimum atomic E-state index is 0.573. The Kier molecular flexibility index (Phi) is 5.38. The first-order valence-corrected chi connectivity index (χ1v) is 7.71. The molecule has 0 aromatic carbocycles. The third-order valence-electron chi connectivity index (χ3n) is 4.13. The van der Waals surface area contributed by atoms with Crippen LogP contribution >= 0.6 is 0 Å². The normalized spacial score (nSPS) is 21.0. The summed E-state index contributed by atoms with van der Waals surface area (Å²) in [5, 5.41) is 3.19. The molecule has 1 fully saturated rings. The summed E-state index contributed by atoms with van der Waals surface area (Å²) in [7, 11) is 4.20. The molecule has 1 N–H and O–H groups in total. The fourth-order valence-electron chi connectivity index (χ4n) is 3.10. The molecule has 20 heavy (non-hydrogen) atoms. The predicted octanol–water partition coefficient (Wildman–Crippen LogP) is 2.03. The van der Waals surface area contributed by atoms with Crippen molar-refractivity contribution < 1.29 is 0 Å². The highest BCUT2D eigenvalue weighted by Gasteiger charge is 2.24. The monoisotopic (exact) mass is 276 g/mol. The lowest BCUT2D eigenvalue weighted by Crippen LogP contribution is -2.40. The zero-order chi connectivity index (χ0) is 14.5. The number of pyridine rings is 1. The van der Waals surface area contributed by atoms with Gasteiger partial charge in [-0.25, -0.2) is 4.98 Å². The zero-order valence-electron chi connectivity index (χ0n) is 13.3. The van der Waals surface area contributed by atoms with Crippen LogP contribution in [0.15, 0.2) is 12.3 Å². The summed E-state index contributed by atoms with van der Waals surface area (Å²) in [4.78, 5) is 9.71. The van der Waals surface area contributed by atoms with E-state index < -0.39 is 0 Å². The van der Waals surface area contributed by atoms with Crippen LogP contribution in [0.4, 0.5) is 5.82 Å². The number of aryl methyl sites for hydroxylation is 1. The van der Waals surface area contributed by atoms with Gasteiger partial charge in [-0.15, -0.1) is 0 Å². The summed E-state index contributed by atoms with van der Waals surface area (Å²) in [6.07, 6.45) is 4.40. The smallest absolute Gasteiger partial charge is 0.131 e. The molecule has 1 aromatic heterocycles. The Hall–Kier alpha value is -1.13. The van der Waals surface area contributed by atoms with E-state index in [0.29, 0.717) is 6.04 Å². The second-order valence-corrected chi connectivity index (χ2v) is 5.89. The summed E-state index contributed by atoms with van der Waals surface area (Å²) in [6, 6.07) is 2.84. The molecule has 4 heteroatoms. The van der Waals surface area contributed by atoms with Gasteiger partial charge in [0.15, 0.2) is 0 Å². The lowest BCUT2D eigenvalue weighted by molar-refractivity contribution is 0.327. The van der Waals surface area contributed by atoms with Crippen LogP contribution in [0.5, 0.6) is 0 Å². The molecule has 0 radical (unpaired) electrons. The summed E-state index contributed by atoms with van der Waals surface area (Å²) in [5.74, 6) is 1.17. The Labute approximate surface area is 123 Å². The van der Waals surface area contributed by atoms with Crippen LogP contribution in [0.25, 0.3) is 0 Å². The first-order chi connectivity index (χ1) is 9.65. The quantitative estimate of drug-likeness (QED) is 0.912. The molecule has 0 saturated carbocycles. The molecule has 1 saturated heterocycles. The van der Waals surface area contributed by atoms with Crippen molar-refractivity contribution in [2.75, 3.05) is 38.6 Å². The third-order valence-corrected chi connectivity index (χ3v) is 4.13. The van der Waals surface area contributed by atoms with Gasteiger partial charge in [0.25, 0.3) is 0 Å². The summed E-state index contributed by atoms with van der Waals surface area (Å²) < 4.78 is 0. The third kappa shape index (κ3) is 3.49. The summed E-state index contributed by atoms with van der Waals surface area (Å²) >= 11 is 0. The van der Waals surface area contributed by atoms with Gasteiger partial charge in [-0.3, -0.25) is 0 Å². The number of anilines is 1. The predicted molar refractivity (Wildman–Crippen MR) is 85.3 cm³/mol. The fraction of sp³-hybridized carbons (Fsp3) is 0.688. The van der Waals surface area contributed by atoms with E-state index in [2.05, 4.69) is 42.1 Å². The van der Waals surface area contributed by atoms with Crippen molar-refractivity contribution in [2.24, 2.45) is 0 Å². The van der Waals surface area contributed by atoms with E-state index in [1.54, 1.807) is 0 Å². The fourth-order valence-corrected chi connectivity index (χ4v) is 3.10. The maximum Gasteiger partial charge on any atom is 0.131 e. The van der Waals surface area contributed by atoms with Crippen LogP contribution in [-0.4, -0.2) is 49.7 Å². The van der Waals surface area contributed by atoms with Crippen LogP contribution < -0.4 is 10.2 Å². The number of likely N-dealkylation sites (N-methyl/N-ethyl adjacent to an activating group) is 1. The minimum Gasteiger partial charge on any atom is -0.352 e. The molecule has 1 aliphatic heterocycles. The molecule has 1 aromatic rings. The average Bonchev–Trinajstić information content (AvgIpc) is 2.61. The second kappa shape index (κ2) is 7.04. The standard InChI is InChI=1S/C16H28N4/c1-5-15-12-19(4)7-6-8-20(15)16-13(2)9-14(10-17-3)11-18-16/h9,11,15,17H,5-8,10,12H2,1-4H3. The number of aromatic nitrogens is 1. The van der Waals surface area contributed by atoms with Crippen molar-refractivity contribution in [1.82, 2.24) is 15.2 Å². The second-order valence-electron chi connectivity index (χ2n) is 5.89. The minimum absolute atomic E-state index is 0.573. The number of nitrogens with one attached hydrogen (secondary N) is 1. The van der Waals surface area contributed by atoms with Gasteiger partial charge in [0.1, 0.15) is 5.82 Å². The van der Waals surface area contributed by atoms with Gasteiger partial charge in [-0.05, 0) is 57.6 Å². The number of hydrogen-bond acceptors (Lipinski definition) is 4. The van der Waals surface area contributed by atoms with E-state index in [9.17, 15) is 0 Å². The van der Waals surface area contributed by atoms with E-state index in [-0.39, 0.29) is 0 Å². The SMILES string of the molecule is CCC1CN(C)CCCN1c1ncc(CNC)cc1C. The van der Waals surface area contributed by atoms with Crippen molar-refractivity contribution in [3.05, 3.63) is 23.4 Å². The lowest BCUT2D eigenvalue weighted by atomic mass is 10.1. The molecular formula is C16H28N4. The molecule has 2 rings (SSSR count). The van der Waals surface area contributed by atoms with Crippen molar-refractivity contribution in [1.29, 1.82) is 0 Å². The van der Waals surface area contributed by atoms with Crippen molar-refractivity contribution >= 4 is 5.82 Å². The molecule has 0 bridgehead atoms. The highest BCUT2D eigenvalue weighted by molar-refractivity contribution is 5.48. The summed E-state index contributed by atoms with van der Waals surface area (Å²) in [6.45, 7) is 8.78. The molecule has 4 nitrogen and oxygen atoms in total. The van der Waals surface area contributed by atoms with E-state index in [1.165, 1.54) is 36.3 Å². The molecule has 112 valence electrons. The Morgan fingerprint density at radius 3 is 2.85 bits per heavy atom. The van der Waals surface area contributed by atoms with E-state index in [0.717, 1.165) is 19.6 Å². The Balaban J connectivity index is 2.23. The Bertz CT molecular complexity index is 432. The molecule has 0 spiro atoms. The Morgan fingerprint density at radius 1 is 1.40 bits per heavy atom. The highest BCUT2D eigenvalue weighted by atomic mass is 15.3. The molecule has 0 amide bonds. The van der Waals surface area contributed by atoms with Crippen molar-refractivity contribution in [3.63, 3.8) is 0 Å². The summed E-state index contributed by atoms with van der Waals surface area (Å²) in [5.41, 5.74) is 2.55. The maximum atomic E-state index is 4.75. The molecule has 2 heterocycles. The van der Waals surface area contributed by atoms with Crippen molar-refractivity contribution in [3.8, 4) is 0 Å². The molecular weight excluding hydrogens is 248 g/mol. The first-order valence-electron chi connectivity index (χ1n) is 7.71. The van der Waals surface area contributed by atoms with Crippen LogP contribution in [0.2, 0.25) is 0 Å². The van der Waals surface area contributed by atoms with Crippen molar-refractivity contribution in [2.45, 2.75) is 39.3 Å².